The number of nitrogens with zero attached hydrogens (tertiary/aromatic N) is 4. The molecule has 0 aromatic heterocycles. The molecule has 0 radical (unpaired) electrons. The van der Waals surface area contributed by atoms with Crippen molar-refractivity contribution in [1.29, 1.82) is 5.26 Å². The Kier molecular flexibility index (Phi) is 4.99. The van der Waals surface area contributed by atoms with Crippen molar-refractivity contribution in [2.45, 2.75) is 20.3 Å². The van der Waals surface area contributed by atoms with Crippen LogP contribution in [0.4, 0.5) is 11.4 Å². The molecule has 2 rings (SSSR count). The van der Waals surface area contributed by atoms with Gasteiger partial charge in [-0.2, -0.15) is 5.26 Å². The van der Waals surface area contributed by atoms with Crippen LogP contribution in [0.3, 0.4) is 0 Å². The summed E-state index contributed by atoms with van der Waals surface area (Å²) in [5, 5.41) is 20.2. The smallest absolute Gasteiger partial charge is 0.292 e. The molecule has 1 aliphatic heterocycles. The average Bonchev–Trinajstić information content (AvgIpc) is 2.53. The van der Waals surface area contributed by atoms with Gasteiger partial charge in [-0.3, -0.25) is 15.0 Å². The second-order valence-corrected chi connectivity index (χ2v) is 6.32. The first-order valence-corrected chi connectivity index (χ1v) is 7.55. The van der Waals surface area contributed by atoms with E-state index >= 15 is 0 Å². The molecule has 1 saturated heterocycles. The van der Waals surface area contributed by atoms with Gasteiger partial charge in [0.25, 0.3) is 5.69 Å². The molecule has 1 fully saturated rings. The lowest BCUT2D eigenvalue weighted by molar-refractivity contribution is -0.384. The number of piperazine rings is 1. The van der Waals surface area contributed by atoms with Crippen molar-refractivity contribution in [1.82, 2.24) is 4.90 Å². The monoisotopic (exact) mass is 302 g/mol. The van der Waals surface area contributed by atoms with Gasteiger partial charge < -0.3 is 4.90 Å². The fraction of sp³-hybridized carbons (Fsp3) is 0.562. The molecule has 0 bridgehead atoms. The van der Waals surface area contributed by atoms with Crippen LogP contribution >= 0.6 is 0 Å². The summed E-state index contributed by atoms with van der Waals surface area (Å²) in [7, 11) is 0. The number of hydrogen-bond acceptors (Lipinski definition) is 5. The van der Waals surface area contributed by atoms with E-state index in [1.54, 1.807) is 12.1 Å². The fourth-order valence-electron chi connectivity index (χ4n) is 2.59. The third-order valence-electron chi connectivity index (χ3n) is 4.15. The summed E-state index contributed by atoms with van der Waals surface area (Å²) in [5.41, 5.74) is 0.570. The third-order valence-corrected chi connectivity index (χ3v) is 4.15. The molecule has 1 aromatic rings. The number of rotatable bonds is 5. The zero-order chi connectivity index (χ0) is 16.2. The van der Waals surface area contributed by atoms with Crippen LogP contribution in [0.15, 0.2) is 24.3 Å². The van der Waals surface area contributed by atoms with Gasteiger partial charge in [-0.05, 0) is 32.9 Å². The molecular weight excluding hydrogens is 280 g/mol. The van der Waals surface area contributed by atoms with Crippen LogP contribution in [0.2, 0.25) is 0 Å². The van der Waals surface area contributed by atoms with Gasteiger partial charge in [-0.15, -0.1) is 0 Å². The van der Waals surface area contributed by atoms with Crippen molar-refractivity contribution in [2.75, 3.05) is 37.6 Å². The molecule has 1 heterocycles. The first kappa shape index (κ1) is 16.2. The molecule has 0 spiro atoms. The van der Waals surface area contributed by atoms with Crippen molar-refractivity contribution >= 4 is 11.4 Å². The number of benzene rings is 1. The van der Waals surface area contributed by atoms with Gasteiger partial charge in [-0.25, -0.2) is 0 Å². The van der Waals surface area contributed by atoms with Crippen LogP contribution in [0.5, 0.6) is 0 Å². The minimum atomic E-state index is -0.322. The molecule has 6 nitrogen and oxygen atoms in total. The maximum atomic E-state index is 11.1. The van der Waals surface area contributed by atoms with Crippen LogP contribution in [0.25, 0.3) is 0 Å². The molecule has 1 aliphatic rings. The molecule has 6 heteroatoms. The first-order valence-electron chi connectivity index (χ1n) is 7.55. The van der Waals surface area contributed by atoms with E-state index in [0.717, 1.165) is 39.1 Å². The molecule has 0 amide bonds. The van der Waals surface area contributed by atoms with Crippen LogP contribution < -0.4 is 4.90 Å². The summed E-state index contributed by atoms with van der Waals surface area (Å²) in [6.45, 7) is 8.09. The number of hydrogen-bond donors (Lipinski definition) is 0. The lowest BCUT2D eigenvalue weighted by Crippen LogP contribution is -2.47. The van der Waals surface area contributed by atoms with Crippen LogP contribution in [-0.2, 0) is 0 Å². The molecule has 118 valence electrons. The van der Waals surface area contributed by atoms with Crippen molar-refractivity contribution in [2.24, 2.45) is 5.41 Å². The predicted octanol–water partition coefficient (Wildman–Crippen LogP) is 2.66. The molecule has 0 N–H and O–H groups in total. The number of nitriles is 1. The highest BCUT2D eigenvalue weighted by Crippen LogP contribution is 2.28. The highest BCUT2D eigenvalue weighted by Gasteiger charge is 2.24. The minimum Gasteiger partial charge on any atom is -0.363 e. The fourth-order valence-corrected chi connectivity index (χ4v) is 2.59. The number of anilines is 1. The molecule has 22 heavy (non-hydrogen) atoms. The van der Waals surface area contributed by atoms with Gasteiger partial charge >= 0.3 is 0 Å². The Bertz CT molecular complexity index is 572. The van der Waals surface area contributed by atoms with Gasteiger partial charge in [-0.1, -0.05) is 12.1 Å². The van der Waals surface area contributed by atoms with Gasteiger partial charge in [0, 0.05) is 32.2 Å². The maximum Gasteiger partial charge on any atom is 0.292 e. The van der Waals surface area contributed by atoms with E-state index in [0.29, 0.717) is 5.69 Å². The Balaban J connectivity index is 1.93. The Morgan fingerprint density at radius 3 is 2.50 bits per heavy atom. The number of nitro groups is 1. The summed E-state index contributed by atoms with van der Waals surface area (Å²) in [5.74, 6) is 0. The molecule has 0 unspecified atom stereocenters. The van der Waals surface area contributed by atoms with E-state index < -0.39 is 0 Å². The highest BCUT2D eigenvalue weighted by molar-refractivity contribution is 5.63. The summed E-state index contributed by atoms with van der Waals surface area (Å²) < 4.78 is 0. The zero-order valence-corrected chi connectivity index (χ0v) is 13.2. The van der Waals surface area contributed by atoms with Crippen molar-refractivity contribution in [3.8, 4) is 6.07 Å². The lowest BCUT2D eigenvalue weighted by atomic mass is 9.91. The van der Waals surface area contributed by atoms with Gasteiger partial charge in [0.1, 0.15) is 5.69 Å². The van der Waals surface area contributed by atoms with Crippen molar-refractivity contribution in [3.05, 3.63) is 34.4 Å². The van der Waals surface area contributed by atoms with Crippen LogP contribution in [0, 0.1) is 26.9 Å². The predicted molar refractivity (Wildman–Crippen MR) is 85.8 cm³/mol. The van der Waals surface area contributed by atoms with Gasteiger partial charge in [0.2, 0.25) is 0 Å². The van der Waals surface area contributed by atoms with Gasteiger partial charge in [0.05, 0.1) is 16.4 Å². The minimum absolute atomic E-state index is 0.168. The standard InChI is InChI=1S/C16H22N4O2/c1-16(2,13-17)7-8-18-9-11-19(12-10-18)14-5-3-4-6-15(14)20(21)22/h3-6H,7-12H2,1-2H3. The quantitative estimate of drug-likeness (QED) is 0.617. The van der Waals surface area contributed by atoms with Crippen molar-refractivity contribution in [3.63, 3.8) is 0 Å². The summed E-state index contributed by atoms with van der Waals surface area (Å²) in [4.78, 5) is 15.2. The summed E-state index contributed by atoms with van der Waals surface area (Å²) >= 11 is 0. The van der Waals surface area contributed by atoms with Crippen LogP contribution in [-0.4, -0.2) is 42.5 Å². The Labute approximate surface area is 131 Å². The Hall–Kier alpha value is -2.13. The highest BCUT2D eigenvalue weighted by atomic mass is 16.6. The largest absolute Gasteiger partial charge is 0.363 e. The van der Waals surface area contributed by atoms with E-state index in [1.165, 1.54) is 0 Å². The van der Waals surface area contributed by atoms with E-state index in [2.05, 4.69) is 15.9 Å². The summed E-state index contributed by atoms with van der Waals surface area (Å²) in [6, 6.07) is 9.22. The van der Waals surface area contributed by atoms with E-state index in [1.807, 2.05) is 26.0 Å². The second kappa shape index (κ2) is 6.75. The number of nitro benzene ring substituents is 1. The number of para-hydroxylation sites is 2. The molecule has 1 aromatic carbocycles. The van der Waals surface area contributed by atoms with Crippen molar-refractivity contribution < 1.29 is 4.92 Å². The van der Waals surface area contributed by atoms with E-state index in [-0.39, 0.29) is 16.0 Å². The maximum absolute atomic E-state index is 11.1. The summed E-state index contributed by atoms with van der Waals surface area (Å²) in [6.07, 6.45) is 0.842. The first-order chi connectivity index (χ1) is 10.4. The molecule has 0 aliphatic carbocycles. The molecule has 0 atom stereocenters. The van der Waals surface area contributed by atoms with E-state index in [4.69, 9.17) is 5.26 Å². The second-order valence-electron chi connectivity index (χ2n) is 6.32. The SMILES string of the molecule is CC(C)(C#N)CCN1CCN(c2ccccc2[N+](=O)[O-])CC1. The third kappa shape index (κ3) is 3.95. The Morgan fingerprint density at radius 2 is 1.91 bits per heavy atom. The zero-order valence-electron chi connectivity index (χ0n) is 13.2. The normalized spacial score (nSPS) is 16.3. The van der Waals surface area contributed by atoms with Gasteiger partial charge in [0.15, 0.2) is 0 Å². The topological polar surface area (TPSA) is 73.4 Å². The van der Waals surface area contributed by atoms with Crippen LogP contribution in [0.1, 0.15) is 20.3 Å². The average molecular weight is 302 g/mol. The van der Waals surface area contributed by atoms with E-state index in [9.17, 15) is 10.1 Å². The Morgan fingerprint density at radius 1 is 1.27 bits per heavy atom. The molecular formula is C16H22N4O2. The molecule has 0 saturated carbocycles. The lowest BCUT2D eigenvalue weighted by Gasteiger charge is -2.36.